The lowest BCUT2D eigenvalue weighted by atomic mass is 9.95. The van der Waals surface area contributed by atoms with Crippen LogP contribution < -0.4 is 9.64 Å². The van der Waals surface area contributed by atoms with Crippen LogP contribution in [0, 0.1) is 0 Å². The fraction of sp³-hybridized carbons (Fsp3) is 0.172. The Balaban J connectivity index is 1.74. The zero-order valence-corrected chi connectivity index (χ0v) is 19.7. The Kier molecular flexibility index (Phi) is 5.65. The third-order valence-corrected chi connectivity index (χ3v) is 6.41. The molecule has 1 amide bonds. The molecule has 1 aromatic heterocycles. The molecule has 35 heavy (non-hydrogen) atoms. The second-order valence-corrected chi connectivity index (χ2v) is 8.79. The number of nitrogens with zero attached hydrogens (tertiary/aromatic N) is 1. The largest absolute Gasteiger partial charge is 0.507 e. The van der Waals surface area contributed by atoms with Crippen LogP contribution in [0.15, 0.2) is 89.0 Å². The number of carbonyl (C=O) groups is 2. The van der Waals surface area contributed by atoms with Crippen LogP contribution in [-0.2, 0) is 9.59 Å². The lowest BCUT2D eigenvalue weighted by Gasteiger charge is -2.24. The highest BCUT2D eigenvalue weighted by atomic mass is 16.5. The quantitative estimate of drug-likeness (QED) is 0.215. The highest BCUT2D eigenvalue weighted by molar-refractivity contribution is 6.52. The van der Waals surface area contributed by atoms with Crippen molar-refractivity contribution in [3.63, 3.8) is 0 Å². The summed E-state index contributed by atoms with van der Waals surface area (Å²) in [4.78, 5) is 28.3. The Bertz CT molecular complexity index is 1460. The summed E-state index contributed by atoms with van der Waals surface area (Å²) in [5.74, 6) is -0.541. The minimum absolute atomic E-state index is 0.0160. The highest BCUT2D eigenvalue weighted by Gasteiger charge is 2.48. The highest BCUT2D eigenvalue weighted by Crippen LogP contribution is 2.44. The number of amides is 1. The second-order valence-electron chi connectivity index (χ2n) is 8.79. The summed E-state index contributed by atoms with van der Waals surface area (Å²) in [6.07, 6.45) is 1.49. The number of ether oxygens (including phenoxy) is 1. The first-order valence-corrected chi connectivity index (χ1v) is 11.4. The molecule has 0 saturated carbocycles. The Morgan fingerprint density at radius 3 is 2.49 bits per heavy atom. The predicted octanol–water partition coefficient (Wildman–Crippen LogP) is 6.19. The van der Waals surface area contributed by atoms with E-state index in [1.807, 2.05) is 50.2 Å². The molecule has 3 aromatic carbocycles. The van der Waals surface area contributed by atoms with E-state index in [0.717, 1.165) is 16.3 Å². The van der Waals surface area contributed by atoms with Crippen LogP contribution in [-0.4, -0.2) is 23.9 Å². The Morgan fingerprint density at radius 1 is 1.00 bits per heavy atom. The van der Waals surface area contributed by atoms with E-state index >= 15 is 0 Å². The molecule has 0 aliphatic carbocycles. The summed E-state index contributed by atoms with van der Waals surface area (Å²) in [5.41, 5.74) is 1.87. The number of fused-ring (bicyclic) bond motifs is 1. The van der Waals surface area contributed by atoms with E-state index in [4.69, 9.17) is 9.15 Å². The van der Waals surface area contributed by atoms with Gasteiger partial charge < -0.3 is 14.3 Å². The van der Waals surface area contributed by atoms with Gasteiger partial charge in [-0.2, -0.15) is 0 Å². The van der Waals surface area contributed by atoms with Crippen LogP contribution in [0.5, 0.6) is 5.75 Å². The molecular weight excluding hydrogens is 442 g/mol. The van der Waals surface area contributed by atoms with Gasteiger partial charge in [0.15, 0.2) is 0 Å². The van der Waals surface area contributed by atoms with E-state index in [-0.39, 0.29) is 17.3 Å². The molecule has 0 bridgehead atoms. The molecule has 1 N–H and O–H groups in total. The van der Waals surface area contributed by atoms with Gasteiger partial charge in [-0.1, -0.05) is 50.2 Å². The van der Waals surface area contributed by atoms with E-state index in [0.29, 0.717) is 22.8 Å². The van der Waals surface area contributed by atoms with E-state index in [1.165, 1.54) is 11.2 Å². The molecule has 1 atom stereocenters. The first-order valence-electron chi connectivity index (χ1n) is 11.4. The molecule has 6 nitrogen and oxygen atoms in total. The van der Waals surface area contributed by atoms with Gasteiger partial charge in [-0.15, -0.1) is 0 Å². The maximum Gasteiger partial charge on any atom is 0.300 e. The maximum atomic E-state index is 13.4. The van der Waals surface area contributed by atoms with Gasteiger partial charge in [-0.3, -0.25) is 14.5 Å². The zero-order chi connectivity index (χ0) is 24.7. The van der Waals surface area contributed by atoms with Gasteiger partial charge in [0.25, 0.3) is 11.7 Å². The second kappa shape index (κ2) is 8.80. The molecule has 176 valence electrons. The number of benzene rings is 3. The molecule has 1 fully saturated rings. The molecule has 5 rings (SSSR count). The minimum Gasteiger partial charge on any atom is -0.507 e. The van der Waals surface area contributed by atoms with Crippen LogP contribution in [0.4, 0.5) is 5.69 Å². The molecule has 1 unspecified atom stereocenters. The number of hydrogen-bond acceptors (Lipinski definition) is 5. The first kappa shape index (κ1) is 22.5. The number of hydrogen-bond donors (Lipinski definition) is 1. The van der Waals surface area contributed by atoms with Crippen LogP contribution in [0.1, 0.15) is 42.7 Å². The number of Topliss-reactive ketones (excluding diaryl/α,β-unsaturated/α-hetero) is 1. The van der Waals surface area contributed by atoms with Crippen molar-refractivity contribution in [3.8, 4) is 5.75 Å². The van der Waals surface area contributed by atoms with Gasteiger partial charge in [0.05, 0.1) is 24.6 Å². The van der Waals surface area contributed by atoms with Crippen molar-refractivity contribution in [1.82, 2.24) is 0 Å². The van der Waals surface area contributed by atoms with Crippen LogP contribution in [0.2, 0.25) is 0 Å². The fourth-order valence-electron chi connectivity index (χ4n) is 4.70. The SMILES string of the molecule is COc1ccc(/C(O)=C2/C(=O)C(=O)N(c3cccc4ccccc34)C2c2ccco2)cc1C(C)C. The van der Waals surface area contributed by atoms with E-state index in [2.05, 4.69) is 0 Å². The smallest absolute Gasteiger partial charge is 0.300 e. The number of rotatable bonds is 5. The van der Waals surface area contributed by atoms with Gasteiger partial charge in [-0.25, -0.2) is 0 Å². The molecule has 1 saturated heterocycles. The summed E-state index contributed by atoms with van der Waals surface area (Å²) in [7, 11) is 1.59. The lowest BCUT2D eigenvalue weighted by molar-refractivity contribution is -0.132. The van der Waals surface area contributed by atoms with Gasteiger partial charge in [0.1, 0.15) is 23.3 Å². The fourth-order valence-corrected chi connectivity index (χ4v) is 4.70. The minimum atomic E-state index is -0.916. The summed E-state index contributed by atoms with van der Waals surface area (Å²) in [6.45, 7) is 4.04. The standard InChI is InChI=1S/C29H25NO5/c1-17(2)21-16-19(13-14-23(21)34-3)27(31)25-26(24-12-7-15-35-24)30(29(33)28(25)32)22-11-6-9-18-8-4-5-10-20(18)22/h4-17,26,31H,1-3H3/b27-25-. The van der Waals surface area contributed by atoms with Crippen molar-refractivity contribution in [3.05, 3.63) is 102 Å². The molecule has 4 aromatic rings. The number of methoxy groups -OCH3 is 1. The van der Waals surface area contributed by atoms with Crippen molar-refractivity contribution in [2.45, 2.75) is 25.8 Å². The molecular formula is C29H25NO5. The summed E-state index contributed by atoms with van der Waals surface area (Å²) in [5, 5.41) is 13.2. The first-order chi connectivity index (χ1) is 16.9. The topological polar surface area (TPSA) is 80.0 Å². The van der Waals surface area contributed by atoms with E-state index in [9.17, 15) is 14.7 Å². The lowest BCUT2D eigenvalue weighted by Crippen LogP contribution is -2.29. The molecule has 6 heteroatoms. The zero-order valence-electron chi connectivity index (χ0n) is 19.7. The molecule has 2 heterocycles. The number of aliphatic hydroxyl groups excluding tert-OH is 1. The van der Waals surface area contributed by atoms with Crippen molar-refractivity contribution in [2.75, 3.05) is 12.0 Å². The molecule has 0 radical (unpaired) electrons. The normalized spacial score (nSPS) is 17.5. The predicted molar refractivity (Wildman–Crippen MR) is 135 cm³/mol. The van der Waals surface area contributed by atoms with Crippen molar-refractivity contribution >= 4 is 33.9 Å². The molecule has 1 aliphatic heterocycles. The number of ketones is 1. The Labute approximate surface area is 203 Å². The summed E-state index contributed by atoms with van der Waals surface area (Å²) < 4.78 is 11.1. The third-order valence-electron chi connectivity index (χ3n) is 6.41. The number of carbonyl (C=O) groups excluding carboxylic acids is 2. The number of furan rings is 1. The average Bonchev–Trinajstić information content (AvgIpc) is 3.49. The summed E-state index contributed by atoms with van der Waals surface area (Å²) in [6, 6.07) is 21.0. The monoisotopic (exact) mass is 467 g/mol. The van der Waals surface area contributed by atoms with Crippen molar-refractivity contribution in [1.29, 1.82) is 0 Å². The molecule has 1 aliphatic rings. The third kappa shape index (κ3) is 3.67. The number of anilines is 1. The molecule has 0 spiro atoms. The maximum absolute atomic E-state index is 13.4. The Morgan fingerprint density at radius 2 is 1.77 bits per heavy atom. The van der Waals surface area contributed by atoms with Crippen LogP contribution in [0.25, 0.3) is 16.5 Å². The van der Waals surface area contributed by atoms with Gasteiger partial charge in [0, 0.05) is 10.9 Å². The number of aliphatic hydroxyl groups is 1. The van der Waals surface area contributed by atoms with Crippen LogP contribution in [0.3, 0.4) is 0 Å². The summed E-state index contributed by atoms with van der Waals surface area (Å²) >= 11 is 0. The van der Waals surface area contributed by atoms with Gasteiger partial charge in [-0.05, 0) is 53.3 Å². The van der Waals surface area contributed by atoms with E-state index in [1.54, 1.807) is 43.5 Å². The van der Waals surface area contributed by atoms with E-state index < -0.39 is 17.7 Å². The van der Waals surface area contributed by atoms with Gasteiger partial charge in [0.2, 0.25) is 0 Å². The average molecular weight is 468 g/mol. The van der Waals surface area contributed by atoms with Crippen LogP contribution >= 0.6 is 0 Å². The van der Waals surface area contributed by atoms with Crippen molar-refractivity contribution < 1.29 is 23.8 Å². The van der Waals surface area contributed by atoms with Gasteiger partial charge >= 0.3 is 0 Å². The van der Waals surface area contributed by atoms with Crippen molar-refractivity contribution in [2.24, 2.45) is 0 Å². The Hall–Kier alpha value is -4.32.